The highest BCUT2D eigenvalue weighted by atomic mass is 16.7. The van der Waals surface area contributed by atoms with Gasteiger partial charge in [0.05, 0.1) is 0 Å². The molecule has 0 saturated heterocycles. The molecule has 0 rings (SSSR count). The number of aliphatic hydroxyl groups is 3. The molecule has 0 aliphatic carbocycles. The molecule has 0 radical (unpaired) electrons. The molecule has 0 bridgehead atoms. The van der Waals surface area contributed by atoms with E-state index >= 15 is 0 Å². The lowest BCUT2D eigenvalue weighted by molar-refractivity contribution is -0.339. The van der Waals surface area contributed by atoms with E-state index in [1.807, 2.05) is 0 Å². The molecule has 3 nitrogen and oxygen atoms in total. The smallest absolute Gasteiger partial charge is 0.277 e. The van der Waals surface area contributed by atoms with Crippen molar-refractivity contribution in [1.29, 1.82) is 0 Å². The van der Waals surface area contributed by atoms with Gasteiger partial charge >= 0.3 is 0 Å². The predicted molar refractivity (Wildman–Crippen MR) is 42.7 cm³/mol. The maximum absolute atomic E-state index is 8.70. The molecule has 0 aromatic heterocycles. The van der Waals surface area contributed by atoms with Crippen LogP contribution in [0.1, 0.15) is 39.5 Å². The van der Waals surface area contributed by atoms with E-state index in [0.717, 1.165) is 19.3 Å². The van der Waals surface area contributed by atoms with E-state index < -0.39 is 11.9 Å². The van der Waals surface area contributed by atoms with Crippen LogP contribution in [0.4, 0.5) is 0 Å². The highest BCUT2D eigenvalue weighted by molar-refractivity contribution is 4.59. The molecule has 0 aromatic carbocycles. The zero-order valence-corrected chi connectivity index (χ0v) is 7.25. The Labute approximate surface area is 67.7 Å². The van der Waals surface area contributed by atoms with Crippen molar-refractivity contribution in [2.45, 2.75) is 45.5 Å². The first-order chi connectivity index (χ1) is 4.98. The molecule has 0 heterocycles. The Hall–Kier alpha value is -0.120. The van der Waals surface area contributed by atoms with E-state index in [2.05, 4.69) is 6.92 Å². The standard InChI is InChI=1S/C8H18O3/c1-3-4-5-6-7(2)8(9,10)11/h7,9-11H,3-6H2,1-2H3. The first-order valence-electron chi connectivity index (χ1n) is 4.15. The van der Waals surface area contributed by atoms with Crippen LogP contribution in [-0.2, 0) is 0 Å². The van der Waals surface area contributed by atoms with Crippen molar-refractivity contribution in [1.82, 2.24) is 0 Å². The molecular formula is C8H18O3. The number of hydrogen-bond acceptors (Lipinski definition) is 3. The van der Waals surface area contributed by atoms with Crippen LogP contribution in [0.3, 0.4) is 0 Å². The lowest BCUT2D eigenvalue weighted by atomic mass is 10.0. The molecule has 11 heavy (non-hydrogen) atoms. The first kappa shape index (κ1) is 10.9. The monoisotopic (exact) mass is 162 g/mol. The van der Waals surface area contributed by atoms with Crippen LogP contribution in [0.25, 0.3) is 0 Å². The van der Waals surface area contributed by atoms with Gasteiger partial charge < -0.3 is 15.3 Å². The summed E-state index contributed by atoms with van der Waals surface area (Å²) in [4.78, 5) is 0. The van der Waals surface area contributed by atoms with Crippen molar-refractivity contribution in [3.05, 3.63) is 0 Å². The molecule has 0 amide bonds. The van der Waals surface area contributed by atoms with Crippen LogP contribution in [0.2, 0.25) is 0 Å². The molecule has 0 spiro atoms. The first-order valence-corrected chi connectivity index (χ1v) is 4.15. The molecule has 0 aromatic rings. The predicted octanol–water partition coefficient (Wildman–Crippen LogP) is 0.833. The number of hydrogen-bond donors (Lipinski definition) is 3. The summed E-state index contributed by atoms with van der Waals surface area (Å²) >= 11 is 0. The van der Waals surface area contributed by atoms with Crippen molar-refractivity contribution >= 4 is 0 Å². The average Bonchev–Trinajstić information content (AvgIpc) is 1.86. The molecule has 0 aliphatic heterocycles. The lowest BCUT2D eigenvalue weighted by Crippen LogP contribution is -2.35. The van der Waals surface area contributed by atoms with E-state index in [9.17, 15) is 0 Å². The van der Waals surface area contributed by atoms with Gasteiger partial charge in [-0.2, -0.15) is 0 Å². The van der Waals surface area contributed by atoms with E-state index in [-0.39, 0.29) is 0 Å². The quantitative estimate of drug-likeness (QED) is 0.414. The van der Waals surface area contributed by atoms with Crippen molar-refractivity contribution in [3.8, 4) is 0 Å². The highest BCUT2D eigenvalue weighted by Gasteiger charge is 2.26. The summed E-state index contributed by atoms with van der Waals surface area (Å²) in [5.41, 5.74) is 0. The van der Waals surface area contributed by atoms with Gasteiger partial charge in [-0.15, -0.1) is 0 Å². The van der Waals surface area contributed by atoms with Gasteiger partial charge in [0, 0.05) is 5.92 Å². The zero-order chi connectivity index (χ0) is 8.91. The van der Waals surface area contributed by atoms with Crippen LogP contribution < -0.4 is 0 Å². The SMILES string of the molecule is CCCCCC(C)C(O)(O)O. The van der Waals surface area contributed by atoms with Gasteiger partial charge in [-0.05, 0) is 6.42 Å². The third-order valence-electron chi connectivity index (χ3n) is 1.90. The summed E-state index contributed by atoms with van der Waals surface area (Å²) in [6, 6.07) is 0. The number of unbranched alkanes of at least 4 members (excludes halogenated alkanes) is 2. The summed E-state index contributed by atoms with van der Waals surface area (Å²) in [5, 5.41) is 26.1. The van der Waals surface area contributed by atoms with E-state index in [1.54, 1.807) is 6.92 Å². The fourth-order valence-electron chi connectivity index (χ4n) is 0.894. The Balaban J connectivity index is 3.44. The molecule has 3 N–H and O–H groups in total. The summed E-state index contributed by atoms with van der Waals surface area (Å²) in [6.07, 6.45) is 3.75. The van der Waals surface area contributed by atoms with Crippen molar-refractivity contribution in [2.24, 2.45) is 5.92 Å². The zero-order valence-electron chi connectivity index (χ0n) is 7.25. The second-order valence-corrected chi connectivity index (χ2v) is 3.08. The minimum atomic E-state index is -2.49. The molecular weight excluding hydrogens is 144 g/mol. The van der Waals surface area contributed by atoms with Gasteiger partial charge in [0.1, 0.15) is 0 Å². The molecule has 68 valence electrons. The van der Waals surface area contributed by atoms with E-state index in [0.29, 0.717) is 6.42 Å². The Morgan fingerprint density at radius 3 is 2.09 bits per heavy atom. The number of rotatable bonds is 5. The minimum absolute atomic E-state index is 0.464. The van der Waals surface area contributed by atoms with Crippen LogP contribution in [0, 0.1) is 5.92 Å². The summed E-state index contributed by atoms with van der Waals surface area (Å²) in [5.74, 6) is -2.96. The van der Waals surface area contributed by atoms with Crippen LogP contribution >= 0.6 is 0 Å². The summed E-state index contributed by atoms with van der Waals surface area (Å²) in [6.45, 7) is 3.70. The Kier molecular flexibility index (Phi) is 4.65. The van der Waals surface area contributed by atoms with Crippen LogP contribution in [-0.4, -0.2) is 21.3 Å². The average molecular weight is 162 g/mol. The fraction of sp³-hybridized carbons (Fsp3) is 1.00. The van der Waals surface area contributed by atoms with Gasteiger partial charge in [-0.1, -0.05) is 33.1 Å². The Morgan fingerprint density at radius 2 is 1.73 bits per heavy atom. The van der Waals surface area contributed by atoms with Gasteiger partial charge in [0.25, 0.3) is 5.97 Å². The summed E-state index contributed by atoms with van der Waals surface area (Å²) in [7, 11) is 0. The summed E-state index contributed by atoms with van der Waals surface area (Å²) < 4.78 is 0. The maximum atomic E-state index is 8.70. The molecule has 0 fully saturated rings. The highest BCUT2D eigenvalue weighted by Crippen LogP contribution is 2.17. The normalized spacial score (nSPS) is 15.0. The van der Waals surface area contributed by atoms with Crippen LogP contribution in [0.15, 0.2) is 0 Å². The molecule has 0 aliphatic rings. The van der Waals surface area contributed by atoms with Crippen LogP contribution in [0.5, 0.6) is 0 Å². The second-order valence-electron chi connectivity index (χ2n) is 3.08. The molecule has 0 saturated carbocycles. The van der Waals surface area contributed by atoms with Gasteiger partial charge in [0.15, 0.2) is 0 Å². The topological polar surface area (TPSA) is 60.7 Å². The van der Waals surface area contributed by atoms with Crippen molar-refractivity contribution < 1.29 is 15.3 Å². The third-order valence-corrected chi connectivity index (χ3v) is 1.90. The second kappa shape index (κ2) is 4.70. The van der Waals surface area contributed by atoms with Gasteiger partial charge in [0.2, 0.25) is 0 Å². The minimum Gasteiger partial charge on any atom is -0.343 e. The molecule has 1 atom stereocenters. The van der Waals surface area contributed by atoms with Gasteiger partial charge in [-0.3, -0.25) is 0 Å². The Morgan fingerprint density at radius 1 is 1.18 bits per heavy atom. The molecule has 3 heteroatoms. The molecule has 1 unspecified atom stereocenters. The maximum Gasteiger partial charge on any atom is 0.277 e. The lowest BCUT2D eigenvalue weighted by Gasteiger charge is -2.21. The van der Waals surface area contributed by atoms with E-state index in [4.69, 9.17) is 15.3 Å². The third kappa shape index (κ3) is 5.18. The fourth-order valence-corrected chi connectivity index (χ4v) is 0.894. The van der Waals surface area contributed by atoms with Gasteiger partial charge in [-0.25, -0.2) is 0 Å². The Bertz CT molecular complexity index is 96.0. The van der Waals surface area contributed by atoms with Crippen molar-refractivity contribution in [3.63, 3.8) is 0 Å². The largest absolute Gasteiger partial charge is 0.343 e. The van der Waals surface area contributed by atoms with E-state index in [1.165, 1.54) is 0 Å². The van der Waals surface area contributed by atoms with Crippen molar-refractivity contribution in [2.75, 3.05) is 0 Å².